The molecule has 0 saturated carbocycles. The summed E-state index contributed by atoms with van der Waals surface area (Å²) in [5, 5.41) is 0. The number of hydrogen-bond acceptors (Lipinski definition) is 0. The second-order valence-electron chi connectivity index (χ2n) is 0.577. The zero-order valence-electron chi connectivity index (χ0n) is 4.58. The zero-order valence-corrected chi connectivity index (χ0v) is 8.58. The van der Waals surface area contributed by atoms with Gasteiger partial charge in [0.2, 0.25) is 0 Å². The molecule has 1 radical (unpaired) electrons. The van der Waals surface area contributed by atoms with Crippen LogP contribution in [0.4, 0.5) is 0 Å². The van der Waals surface area contributed by atoms with Crippen LogP contribution in [0.3, 0.4) is 0 Å². The van der Waals surface area contributed by atoms with Gasteiger partial charge in [0.1, 0.15) is 0 Å². The molecule has 2 heteroatoms. The fourth-order valence-corrected chi connectivity index (χ4v) is 0. The van der Waals surface area contributed by atoms with E-state index in [-0.39, 0.29) is 59.1 Å². The van der Waals surface area contributed by atoms with Gasteiger partial charge in [0.25, 0.3) is 0 Å². The molecular formula is C3H7Na2. The van der Waals surface area contributed by atoms with Crippen molar-refractivity contribution in [1.29, 1.82) is 0 Å². The maximum absolute atomic E-state index is 2.00. The van der Waals surface area contributed by atoms with Crippen LogP contribution in [-0.4, -0.2) is 29.6 Å². The summed E-state index contributed by atoms with van der Waals surface area (Å²) in [6.45, 7) is 4.00. The van der Waals surface area contributed by atoms with Gasteiger partial charge in [-0.3, -0.25) is 0 Å². The molecule has 5 heavy (non-hydrogen) atoms. The molecule has 0 fully saturated rings. The molecule has 0 aromatic carbocycles. The Balaban J connectivity index is -0.0000000200. The molecule has 0 aliphatic heterocycles. The Bertz CT molecular complexity index is 4.85. The van der Waals surface area contributed by atoms with Crippen molar-refractivity contribution in [2.24, 2.45) is 0 Å². The minimum absolute atomic E-state index is 0. The molecule has 0 nitrogen and oxygen atoms in total. The van der Waals surface area contributed by atoms with Crippen LogP contribution in [0, 0.1) is 6.42 Å². The second-order valence-corrected chi connectivity index (χ2v) is 0.577. The summed E-state index contributed by atoms with van der Waals surface area (Å²) in [4.78, 5) is 0. The fourth-order valence-electron chi connectivity index (χ4n) is 0. The molecule has 21 valence electrons. The van der Waals surface area contributed by atoms with Crippen LogP contribution >= 0.6 is 0 Å². The molecule has 0 N–H and O–H groups in total. The topological polar surface area (TPSA) is 0 Å². The third kappa shape index (κ3) is 24.0. The molecule has 0 aliphatic rings. The predicted octanol–water partition coefficient (Wildman–Crippen LogP) is -2.15. The van der Waals surface area contributed by atoms with E-state index in [0.717, 1.165) is 0 Å². The van der Waals surface area contributed by atoms with Crippen LogP contribution in [0.2, 0.25) is 0 Å². The Morgan fingerprint density at radius 1 is 1.20 bits per heavy atom. The van der Waals surface area contributed by atoms with Crippen LogP contribution in [-0.2, 0) is 0 Å². The average Bonchev–Trinajstić information content (AvgIpc) is 0.918. The Morgan fingerprint density at radius 3 is 1.20 bits per heavy atom. The van der Waals surface area contributed by atoms with Gasteiger partial charge in [0.05, 0.1) is 0 Å². The molecule has 0 atom stereocenters. The summed E-state index contributed by atoms with van der Waals surface area (Å²) in [5.41, 5.74) is 0. The van der Waals surface area contributed by atoms with E-state index < -0.39 is 0 Å². The van der Waals surface area contributed by atoms with Crippen LogP contribution in [0.25, 0.3) is 0 Å². The minimum atomic E-state index is 0. The van der Waals surface area contributed by atoms with Crippen molar-refractivity contribution in [2.75, 3.05) is 0 Å². The molecule has 0 heterocycles. The van der Waals surface area contributed by atoms with Gasteiger partial charge in [-0.15, -0.1) is 0 Å². The van der Waals surface area contributed by atoms with Gasteiger partial charge in [-0.2, -0.15) is 13.8 Å². The molecule has 0 unspecified atom stereocenters. The Kier molecular flexibility index (Phi) is 52.5. The smallest absolute Gasteiger partial charge is 0.335 e. The first-order chi connectivity index (χ1) is 1.41. The van der Waals surface area contributed by atoms with E-state index in [4.69, 9.17) is 0 Å². The SMILES string of the molecule is C[CH-]C.[Na+].[Na]. The van der Waals surface area contributed by atoms with E-state index in [1.165, 1.54) is 0 Å². The Morgan fingerprint density at radius 2 is 1.20 bits per heavy atom. The standard InChI is InChI=1S/C3H7.2Na/c1-3-2;;/h3H,1-2H3;;/q-1;;+1. The largest absolute Gasteiger partial charge is 1.00 e. The summed E-state index contributed by atoms with van der Waals surface area (Å²) in [6.07, 6.45) is 2.00. The Labute approximate surface area is 78.3 Å². The molecule has 0 aromatic heterocycles. The molecule has 0 spiro atoms. The first kappa shape index (κ1) is 15.8. The first-order valence-corrected chi connectivity index (χ1v) is 1.15. The summed E-state index contributed by atoms with van der Waals surface area (Å²) in [6, 6.07) is 0. The van der Waals surface area contributed by atoms with Gasteiger partial charge in [-0.25, -0.2) is 0 Å². The van der Waals surface area contributed by atoms with Crippen LogP contribution < -0.4 is 29.6 Å². The van der Waals surface area contributed by atoms with Gasteiger partial charge < -0.3 is 6.42 Å². The summed E-state index contributed by atoms with van der Waals surface area (Å²) < 4.78 is 0. The maximum atomic E-state index is 2.00. The summed E-state index contributed by atoms with van der Waals surface area (Å²) in [5.74, 6) is 0. The minimum Gasteiger partial charge on any atom is -0.335 e. The van der Waals surface area contributed by atoms with E-state index in [9.17, 15) is 0 Å². The van der Waals surface area contributed by atoms with Gasteiger partial charge >= 0.3 is 29.6 Å². The van der Waals surface area contributed by atoms with E-state index in [2.05, 4.69) is 0 Å². The predicted molar refractivity (Wildman–Crippen MR) is 21.4 cm³/mol. The van der Waals surface area contributed by atoms with E-state index in [1.54, 1.807) is 0 Å². The maximum Gasteiger partial charge on any atom is 1.00 e. The number of rotatable bonds is 0. The van der Waals surface area contributed by atoms with Crippen LogP contribution in [0.5, 0.6) is 0 Å². The van der Waals surface area contributed by atoms with Crippen molar-refractivity contribution in [1.82, 2.24) is 0 Å². The third-order valence-corrected chi connectivity index (χ3v) is 0. The third-order valence-electron chi connectivity index (χ3n) is 0. The zero-order chi connectivity index (χ0) is 2.71. The fraction of sp³-hybridized carbons (Fsp3) is 0.667. The van der Waals surface area contributed by atoms with Gasteiger partial charge in [0.15, 0.2) is 0 Å². The summed E-state index contributed by atoms with van der Waals surface area (Å²) in [7, 11) is 0. The molecule has 0 amide bonds. The van der Waals surface area contributed by atoms with Crippen molar-refractivity contribution >= 4 is 29.6 Å². The van der Waals surface area contributed by atoms with Gasteiger partial charge in [-0.1, -0.05) is 0 Å². The molecule has 0 aliphatic carbocycles. The molecule has 0 rings (SSSR count). The van der Waals surface area contributed by atoms with Gasteiger partial charge in [-0.05, 0) is 0 Å². The molecule has 0 saturated heterocycles. The van der Waals surface area contributed by atoms with Crippen molar-refractivity contribution in [3.8, 4) is 0 Å². The van der Waals surface area contributed by atoms with Crippen molar-refractivity contribution in [2.45, 2.75) is 13.8 Å². The summed E-state index contributed by atoms with van der Waals surface area (Å²) >= 11 is 0. The van der Waals surface area contributed by atoms with Crippen LogP contribution in [0.15, 0.2) is 0 Å². The van der Waals surface area contributed by atoms with Crippen molar-refractivity contribution in [3.05, 3.63) is 6.42 Å². The van der Waals surface area contributed by atoms with Crippen molar-refractivity contribution < 1.29 is 29.6 Å². The first-order valence-electron chi connectivity index (χ1n) is 1.15. The van der Waals surface area contributed by atoms with E-state index in [0.29, 0.717) is 0 Å². The molecule has 0 aromatic rings. The molecular weight excluding hydrogens is 82.0 g/mol. The van der Waals surface area contributed by atoms with Gasteiger partial charge in [0, 0.05) is 29.6 Å². The van der Waals surface area contributed by atoms with Crippen LogP contribution in [0.1, 0.15) is 13.8 Å². The van der Waals surface area contributed by atoms with Crippen molar-refractivity contribution in [3.63, 3.8) is 0 Å². The average molecular weight is 89.1 g/mol. The Hall–Kier alpha value is 2.00. The monoisotopic (exact) mass is 89.0 g/mol. The quantitative estimate of drug-likeness (QED) is 0.234. The molecule has 0 bridgehead atoms. The van der Waals surface area contributed by atoms with E-state index in [1.807, 2.05) is 20.3 Å². The normalized spacial score (nSPS) is 3.60. The van der Waals surface area contributed by atoms with E-state index >= 15 is 0 Å². The second kappa shape index (κ2) is 16.7. The number of hydrogen-bond donors (Lipinski definition) is 0.